The fourth-order valence-corrected chi connectivity index (χ4v) is 3.43. The van der Waals surface area contributed by atoms with Crippen molar-refractivity contribution in [3.8, 4) is 0 Å². The number of piperidine rings is 1. The molecule has 1 fully saturated rings. The van der Waals surface area contributed by atoms with Crippen LogP contribution in [0.5, 0.6) is 0 Å². The Bertz CT molecular complexity index is 450. The van der Waals surface area contributed by atoms with Gasteiger partial charge in [-0.2, -0.15) is 0 Å². The minimum atomic E-state index is 0.0516. The van der Waals surface area contributed by atoms with E-state index in [-0.39, 0.29) is 5.91 Å². The Kier molecular flexibility index (Phi) is 5.66. The minimum Gasteiger partial charge on any atom is -0.324 e. The average Bonchev–Trinajstić information content (AvgIpc) is 2.41. The van der Waals surface area contributed by atoms with E-state index >= 15 is 0 Å². The number of hydrogen-bond donors (Lipinski definition) is 2. The fourth-order valence-electron chi connectivity index (χ4n) is 2.00. The van der Waals surface area contributed by atoms with Crippen molar-refractivity contribution in [3.05, 3.63) is 22.4 Å². The van der Waals surface area contributed by atoms with Crippen molar-refractivity contribution in [2.45, 2.75) is 25.0 Å². The van der Waals surface area contributed by atoms with Gasteiger partial charge in [0, 0.05) is 5.25 Å². The molecule has 0 saturated carbocycles. The molecular formula is C13H18BrN3OS. The summed E-state index contributed by atoms with van der Waals surface area (Å²) in [5.74, 6) is 0.566. The van der Waals surface area contributed by atoms with Gasteiger partial charge in [-0.1, -0.05) is 0 Å². The molecule has 1 saturated heterocycles. The molecule has 6 heteroatoms. The Labute approximate surface area is 126 Å². The highest BCUT2D eigenvalue weighted by molar-refractivity contribution is 9.10. The van der Waals surface area contributed by atoms with Gasteiger partial charge >= 0.3 is 0 Å². The minimum absolute atomic E-state index is 0.0516. The fraction of sp³-hybridized carbons (Fsp3) is 0.538. The van der Waals surface area contributed by atoms with Gasteiger partial charge < -0.3 is 10.6 Å². The Hall–Kier alpha value is -0.590. The first-order valence-corrected chi connectivity index (χ1v) is 8.24. The third-order valence-electron chi connectivity index (χ3n) is 3.06. The second-order valence-electron chi connectivity index (χ2n) is 4.58. The van der Waals surface area contributed by atoms with Crippen molar-refractivity contribution in [1.82, 2.24) is 10.3 Å². The number of hydrogen-bond acceptors (Lipinski definition) is 4. The van der Waals surface area contributed by atoms with Gasteiger partial charge in [-0.3, -0.25) is 4.79 Å². The van der Waals surface area contributed by atoms with Gasteiger partial charge in [0.15, 0.2) is 0 Å². The lowest BCUT2D eigenvalue weighted by atomic mass is 10.2. The van der Waals surface area contributed by atoms with Gasteiger partial charge in [0.05, 0.1) is 17.1 Å². The van der Waals surface area contributed by atoms with E-state index in [0.29, 0.717) is 11.0 Å². The SMILES string of the molecule is Cc1nc(Br)ccc1NC(=O)CSC1CCNCC1. The van der Waals surface area contributed by atoms with Gasteiger partial charge in [0.2, 0.25) is 5.91 Å². The molecular weight excluding hydrogens is 326 g/mol. The molecule has 4 nitrogen and oxygen atoms in total. The van der Waals surface area contributed by atoms with Crippen LogP contribution < -0.4 is 10.6 Å². The lowest BCUT2D eigenvalue weighted by Gasteiger charge is -2.21. The van der Waals surface area contributed by atoms with Crippen LogP contribution >= 0.6 is 27.7 Å². The summed E-state index contributed by atoms with van der Waals surface area (Å²) < 4.78 is 0.784. The monoisotopic (exact) mass is 343 g/mol. The Balaban J connectivity index is 1.80. The molecule has 2 rings (SSSR count). The maximum Gasteiger partial charge on any atom is 0.234 e. The van der Waals surface area contributed by atoms with Crippen LogP contribution in [0.4, 0.5) is 5.69 Å². The van der Waals surface area contributed by atoms with E-state index in [1.165, 1.54) is 0 Å². The van der Waals surface area contributed by atoms with Crippen molar-refractivity contribution in [1.29, 1.82) is 0 Å². The molecule has 104 valence electrons. The molecule has 0 radical (unpaired) electrons. The van der Waals surface area contributed by atoms with Crippen LogP contribution in [0.3, 0.4) is 0 Å². The first-order chi connectivity index (χ1) is 9.15. The molecule has 1 aromatic rings. The van der Waals surface area contributed by atoms with Crippen molar-refractivity contribution in [2.24, 2.45) is 0 Å². The topological polar surface area (TPSA) is 54.0 Å². The number of carbonyl (C=O) groups excluding carboxylic acids is 1. The molecule has 2 N–H and O–H groups in total. The number of halogens is 1. The molecule has 1 aliphatic rings. The number of thioether (sulfide) groups is 1. The van der Waals surface area contributed by atoms with E-state index in [1.54, 1.807) is 11.8 Å². The van der Waals surface area contributed by atoms with Crippen molar-refractivity contribution >= 4 is 39.3 Å². The summed E-state index contributed by atoms with van der Waals surface area (Å²) in [6, 6.07) is 3.71. The van der Waals surface area contributed by atoms with E-state index in [0.717, 1.165) is 41.9 Å². The molecule has 1 aliphatic heterocycles. The number of aromatic nitrogens is 1. The number of nitrogens with zero attached hydrogens (tertiary/aromatic N) is 1. The molecule has 0 bridgehead atoms. The summed E-state index contributed by atoms with van der Waals surface area (Å²) in [6.07, 6.45) is 2.30. The highest BCUT2D eigenvalue weighted by atomic mass is 79.9. The second kappa shape index (κ2) is 7.26. The highest BCUT2D eigenvalue weighted by Gasteiger charge is 2.15. The van der Waals surface area contributed by atoms with Gasteiger partial charge in [0.25, 0.3) is 0 Å². The highest BCUT2D eigenvalue weighted by Crippen LogP contribution is 2.21. The molecule has 0 aliphatic carbocycles. The van der Waals surface area contributed by atoms with Crippen LogP contribution in [-0.2, 0) is 4.79 Å². The maximum absolute atomic E-state index is 11.9. The van der Waals surface area contributed by atoms with E-state index in [1.807, 2.05) is 19.1 Å². The summed E-state index contributed by atoms with van der Waals surface area (Å²) in [7, 11) is 0. The Morgan fingerprint density at radius 1 is 1.53 bits per heavy atom. The third kappa shape index (κ3) is 4.78. The van der Waals surface area contributed by atoms with E-state index < -0.39 is 0 Å². The molecule has 19 heavy (non-hydrogen) atoms. The van der Waals surface area contributed by atoms with Crippen LogP contribution in [0.15, 0.2) is 16.7 Å². The Morgan fingerprint density at radius 2 is 2.26 bits per heavy atom. The van der Waals surface area contributed by atoms with E-state index in [9.17, 15) is 4.79 Å². The quantitative estimate of drug-likeness (QED) is 0.825. The number of nitrogens with one attached hydrogen (secondary N) is 2. The van der Waals surface area contributed by atoms with Gasteiger partial charge in [-0.25, -0.2) is 4.98 Å². The summed E-state index contributed by atoms with van der Waals surface area (Å²) in [5.41, 5.74) is 1.62. The molecule has 0 spiro atoms. The number of carbonyl (C=O) groups is 1. The Morgan fingerprint density at radius 3 is 2.95 bits per heavy atom. The standard InChI is InChI=1S/C13H18BrN3OS/c1-9-11(2-3-12(14)16-9)17-13(18)8-19-10-4-6-15-7-5-10/h2-3,10,15H,4-8H2,1H3,(H,17,18). The van der Waals surface area contributed by atoms with Crippen LogP contribution in [-0.4, -0.2) is 35.0 Å². The maximum atomic E-state index is 11.9. The van der Waals surface area contributed by atoms with Crippen molar-refractivity contribution in [3.63, 3.8) is 0 Å². The van der Waals surface area contributed by atoms with Gasteiger partial charge in [-0.05, 0) is 60.9 Å². The van der Waals surface area contributed by atoms with Gasteiger partial charge in [-0.15, -0.1) is 11.8 Å². The predicted octanol–water partition coefficient (Wildman–Crippen LogP) is 2.58. The van der Waals surface area contributed by atoms with E-state index in [4.69, 9.17) is 0 Å². The zero-order chi connectivity index (χ0) is 13.7. The molecule has 0 atom stereocenters. The number of amides is 1. The molecule has 1 aromatic heterocycles. The number of pyridine rings is 1. The van der Waals surface area contributed by atoms with Gasteiger partial charge in [0.1, 0.15) is 4.60 Å². The first kappa shape index (κ1) is 14.8. The van der Waals surface area contributed by atoms with Crippen molar-refractivity contribution < 1.29 is 4.79 Å². The molecule has 2 heterocycles. The summed E-state index contributed by atoms with van der Waals surface area (Å²) in [5, 5.41) is 6.85. The number of anilines is 1. The largest absolute Gasteiger partial charge is 0.324 e. The van der Waals surface area contributed by atoms with Crippen LogP contribution in [0, 0.1) is 6.92 Å². The zero-order valence-corrected chi connectivity index (χ0v) is 13.3. The number of aryl methyl sites for hydroxylation is 1. The first-order valence-electron chi connectivity index (χ1n) is 6.40. The van der Waals surface area contributed by atoms with Crippen molar-refractivity contribution in [2.75, 3.05) is 24.2 Å². The lowest BCUT2D eigenvalue weighted by Crippen LogP contribution is -2.30. The molecule has 0 aromatic carbocycles. The van der Waals surface area contributed by atoms with Crippen LogP contribution in [0.25, 0.3) is 0 Å². The summed E-state index contributed by atoms with van der Waals surface area (Å²) in [4.78, 5) is 16.2. The van der Waals surface area contributed by atoms with Crippen LogP contribution in [0.1, 0.15) is 18.5 Å². The zero-order valence-electron chi connectivity index (χ0n) is 10.9. The predicted molar refractivity (Wildman–Crippen MR) is 83.7 cm³/mol. The third-order valence-corrected chi connectivity index (χ3v) is 4.88. The summed E-state index contributed by atoms with van der Waals surface area (Å²) >= 11 is 5.06. The van der Waals surface area contributed by atoms with E-state index in [2.05, 4.69) is 31.5 Å². The van der Waals surface area contributed by atoms with Crippen LogP contribution in [0.2, 0.25) is 0 Å². The lowest BCUT2D eigenvalue weighted by molar-refractivity contribution is -0.113. The summed E-state index contributed by atoms with van der Waals surface area (Å²) in [6.45, 7) is 4.02. The second-order valence-corrected chi connectivity index (χ2v) is 6.68. The molecule has 1 amide bonds. The molecule has 0 unspecified atom stereocenters. The normalized spacial score (nSPS) is 16.3. The number of rotatable bonds is 4. The average molecular weight is 344 g/mol. The smallest absolute Gasteiger partial charge is 0.234 e.